The topological polar surface area (TPSA) is 64.9 Å². The van der Waals surface area contributed by atoms with Gasteiger partial charge in [0, 0.05) is 6.54 Å². The van der Waals surface area contributed by atoms with Gasteiger partial charge in [-0.2, -0.15) is 5.26 Å². The first kappa shape index (κ1) is 14.9. The van der Waals surface area contributed by atoms with Gasteiger partial charge in [-0.1, -0.05) is 34.8 Å². The van der Waals surface area contributed by atoms with Crippen LogP contribution >= 0.6 is 34.8 Å². The predicted octanol–water partition coefficient (Wildman–Crippen LogP) is 3.09. The lowest BCUT2D eigenvalue weighted by atomic mass is 10.3. The Morgan fingerprint density at radius 2 is 1.89 bits per heavy atom. The molecule has 1 rings (SSSR count). The molecule has 0 bridgehead atoms. The summed E-state index contributed by atoms with van der Waals surface area (Å²) < 4.78 is 0. The number of rotatable bonds is 5. The molecule has 18 heavy (non-hydrogen) atoms. The van der Waals surface area contributed by atoms with E-state index in [4.69, 9.17) is 40.1 Å². The lowest BCUT2D eigenvalue weighted by molar-refractivity contribution is -0.119. The first-order chi connectivity index (χ1) is 8.54. The predicted molar refractivity (Wildman–Crippen MR) is 73.2 cm³/mol. The lowest BCUT2D eigenvalue weighted by Gasteiger charge is -2.09. The van der Waals surface area contributed by atoms with E-state index in [0.29, 0.717) is 27.3 Å². The van der Waals surface area contributed by atoms with Crippen molar-refractivity contribution >= 4 is 46.4 Å². The van der Waals surface area contributed by atoms with Gasteiger partial charge in [-0.05, 0) is 12.1 Å². The Morgan fingerprint density at radius 3 is 2.56 bits per heavy atom. The molecule has 0 aliphatic heterocycles. The van der Waals surface area contributed by atoms with Crippen molar-refractivity contribution in [2.75, 3.05) is 18.4 Å². The summed E-state index contributed by atoms with van der Waals surface area (Å²) in [5, 5.41) is 14.8. The van der Waals surface area contributed by atoms with Gasteiger partial charge in [0.15, 0.2) is 0 Å². The summed E-state index contributed by atoms with van der Waals surface area (Å²) >= 11 is 17.5. The van der Waals surface area contributed by atoms with Crippen LogP contribution in [0.2, 0.25) is 15.1 Å². The van der Waals surface area contributed by atoms with Gasteiger partial charge in [0.25, 0.3) is 0 Å². The molecule has 0 radical (unpaired) electrons. The van der Waals surface area contributed by atoms with Gasteiger partial charge in [0.2, 0.25) is 5.91 Å². The third kappa shape index (κ3) is 4.61. The van der Waals surface area contributed by atoms with E-state index in [-0.39, 0.29) is 18.9 Å². The first-order valence-corrected chi connectivity index (χ1v) is 6.20. The molecular weight excluding hydrogens is 296 g/mol. The van der Waals surface area contributed by atoms with Gasteiger partial charge in [0.1, 0.15) is 0 Å². The van der Waals surface area contributed by atoms with Gasteiger partial charge in [0.05, 0.1) is 39.8 Å². The van der Waals surface area contributed by atoms with Crippen molar-refractivity contribution in [3.63, 3.8) is 0 Å². The highest BCUT2D eigenvalue weighted by Crippen LogP contribution is 2.31. The maximum atomic E-state index is 11.4. The maximum Gasteiger partial charge on any atom is 0.239 e. The number of nitrogens with zero attached hydrogens (tertiary/aromatic N) is 1. The van der Waals surface area contributed by atoms with Crippen molar-refractivity contribution in [2.24, 2.45) is 0 Å². The van der Waals surface area contributed by atoms with Crippen LogP contribution in [0.4, 0.5) is 5.69 Å². The molecule has 0 atom stereocenters. The summed E-state index contributed by atoms with van der Waals surface area (Å²) in [6, 6.07) is 4.98. The molecular formula is C11H10Cl3N3O. The quantitative estimate of drug-likeness (QED) is 0.649. The van der Waals surface area contributed by atoms with Gasteiger partial charge in [-0.15, -0.1) is 0 Å². The highest BCUT2D eigenvalue weighted by atomic mass is 35.5. The molecule has 2 N–H and O–H groups in total. The molecule has 1 amide bonds. The molecule has 0 aliphatic carbocycles. The largest absolute Gasteiger partial charge is 0.375 e. The van der Waals surface area contributed by atoms with Gasteiger partial charge >= 0.3 is 0 Å². The summed E-state index contributed by atoms with van der Waals surface area (Å²) in [6.45, 7) is 0.370. The average molecular weight is 307 g/mol. The monoisotopic (exact) mass is 305 g/mol. The zero-order valence-electron chi connectivity index (χ0n) is 9.27. The third-order valence-electron chi connectivity index (χ3n) is 2.01. The Morgan fingerprint density at radius 1 is 1.22 bits per heavy atom. The summed E-state index contributed by atoms with van der Waals surface area (Å²) in [5.41, 5.74) is 0.529. The Balaban J connectivity index is 2.51. The van der Waals surface area contributed by atoms with Crippen LogP contribution in [0.3, 0.4) is 0 Å². The molecule has 96 valence electrons. The van der Waals surface area contributed by atoms with Crippen LogP contribution in [0, 0.1) is 11.3 Å². The molecule has 4 nitrogen and oxygen atoms in total. The van der Waals surface area contributed by atoms with Crippen molar-refractivity contribution in [3.05, 3.63) is 27.2 Å². The van der Waals surface area contributed by atoms with Crippen LogP contribution in [-0.4, -0.2) is 19.0 Å². The summed E-state index contributed by atoms with van der Waals surface area (Å²) in [7, 11) is 0. The first-order valence-electron chi connectivity index (χ1n) is 5.06. The van der Waals surface area contributed by atoms with Crippen molar-refractivity contribution in [1.29, 1.82) is 5.26 Å². The molecule has 0 spiro atoms. The molecule has 0 unspecified atom stereocenters. The normalized spacial score (nSPS) is 9.67. The standard InChI is InChI=1S/C11H10Cl3N3O/c12-7-4-9(14)10(5-8(7)13)17-6-11(18)16-3-1-2-15/h4-5,17H,1,3,6H2,(H,16,18). The van der Waals surface area contributed by atoms with Crippen molar-refractivity contribution in [3.8, 4) is 6.07 Å². The van der Waals surface area contributed by atoms with Gasteiger partial charge in [-0.25, -0.2) is 0 Å². The van der Waals surface area contributed by atoms with E-state index in [1.54, 1.807) is 6.07 Å². The molecule has 0 aromatic heterocycles. The fourth-order valence-corrected chi connectivity index (χ4v) is 1.77. The highest BCUT2D eigenvalue weighted by molar-refractivity contribution is 6.44. The van der Waals surface area contributed by atoms with Crippen LogP contribution in [0.15, 0.2) is 12.1 Å². The van der Waals surface area contributed by atoms with E-state index in [9.17, 15) is 4.79 Å². The number of carbonyl (C=O) groups is 1. The smallest absolute Gasteiger partial charge is 0.239 e. The second kappa shape index (κ2) is 7.32. The summed E-state index contributed by atoms with van der Waals surface area (Å²) in [6.07, 6.45) is 0.277. The van der Waals surface area contributed by atoms with Crippen LogP contribution in [-0.2, 0) is 4.79 Å². The molecule has 1 aromatic carbocycles. The number of hydrogen-bond donors (Lipinski definition) is 2. The maximum absolute atomic E-state index is 11.4. The second-order valence-electron chi connectivity index (χ2n) is 3.36. The van der Waals surface area contributed by atoms with Crippen LogP contribution in [0.1, 0.15) is 6.42 Å². The zero-order chi connectivity index (χ0) is 13.5. The highest BCUT2D eigenvalue weighted by Gasteiger charge is 2.07. The molecule has 0 saturated heterocycles. The van der Waals surface area contributed by atoms with Crippen molar-refractivity contribution in [1.82, 2.24) is 5.32 Å². The number of benzene rings is 1. The number of anilines is 1. The Kier molecular flexibility index (Phi) is 6.06. The molecule has 0 aliphatic rings. The Hall–Kier alpha value is -1.15. The molecule has 0 heterocycles. The fourth-order valence-electron chi connectivity index (χ4n) is 1.15. The average Bonchev–Trinajstić information content (AvgIpc) is 2.32. The van der Waals surface area contributed by atoms with E-state index < -0.39 is 0 Å². The van der Waals surface area contributed by atoms with Gasteiger partial charge in [-0.3, -0.25) is 4.79 Å². The molecule has 0 fully saturated rings. The molecule has 0 saturated carbocycles. The number of carbonyl (C=O) groups excluding carboxylic acids is 1. The number of halogens is 3. The minimum atomic E-state index is -0.229. The zero-order valence-corrected chi connectivity index (χ0v) is 11.5. The number of amides is 1. The second-order valence-corrected chi connectivity index (χ2v) is 4.58. The lowest BCUT2D eigenvalue weighted by Crippen LogP contribution is -2.30. The van der Waals surface area contributed by atoms with Crippen LogP contribution < -0.4 is 10.6 Å². The Labute approximate surface area is 120 Å². The summed E-state index contributed by atoms with van der Waals surface area (Å²) in [4.78, 5) is 11.4. The van der Waals surface area contributed by atoms with E-state index in [1.165, 1.54) is 6.07 Å². The summed E-state index contributed by atoms with van der Waals surface area (Å²) in [5.74, 6) is -0.229. The minimum absolute atomic E-state index is 0.0448. The van der Waals surface area contributed by atoms with Crippen LogP contribution in [0.25, 0.3) is 0 Å². The number of nitriles is 1. The number of nitrogens with one attached hydrogen (secondary N) is 2. The van der Waals surface area contributed by atoms with E-state index in [0.717, 1.165) is 0 Å². The van der Waals surface area contributed by atoms with Crippen molar-refractivity contribution < 1.29 is 4.79 Å². The van der Waals surface area contributed by atoms with Crippen molar-refractivity contribution in [2.45, 2.75) is 6.42 Å². The van der Waals surface area contributed by atoms with E-state index in [2.05, 4.69) is 10.6 Å². The minimum Gasteiger partial charge on any atom is -0.375 e. The van der Waals surface area contributed by atoms with E-state index in [1.807, 2.05) is 6.07 Å². The van der Waals surface area contributed by atoms with Gasteiger partial charge < -0.3 is 10.6 Å². The van der Waals surface area contributed by atoms with E-state index >= 15 is 0 Å². The molecule has 7 heteroatoms. The number of hydrogen-bond acceptors (Lipinski definition) is 3. The fraction of sp³-hybridized carbons (Fsp3) is 0.273. The third-order valence-corrected chi connectivity index (χ3v) is 3.04. The van der Waals surface area contributed by atoms with Crippen LogP contribution in [0.5, 0.6) is 0 Å². The Bertz CT molecular complexity index is 485. The molecule has 1 aromatic rings. The SMILES string of the molecule is N#CCCNC(=O)CNc1cc(Cl)c(Cl)cc1Cl.